The smallest absolute Gasteiger partial charge is 0.294 e. The molecule has 0 aliphatic carbocycles. The highest BCUT2D eigenvalue weighted by molar-refractivity contribution is 7.85. The summed E-state index contributed by atoms with van der Waals surface area (Å²) in [5.41, 5.74) is 1.57. The van der Waals surface area contributed by atoms with Crippen LogP contribution in [0.1, 0.15) is 12.8 Å². The number of aromatic nitrogens is 2. The number of amides is 1. The van der Waals surface area contributed by atoms with Crippen LogP contribution in [-0.4, -0.2) is 41.5 Å². The van der Waals surface area contributed by atoms with Crippen LogP contribution in [-0.2, 0) is 14.9 Å². The third kappa shape index (κ3) is 7.47. The normalized spacial score (nSPS) is 15.1. The van der Waals surface area contributed by atoms with Gasteiger partial charge in [-0.1, -0.05) is 35.9 Å². The maximum absolute atomic E-state index is 13.0. The Hall–Kier alpha value is -4.51. The molecule has 1 aliphatic heterocycles. The van der Waals surface area contributed by atoms with Crippen molar-refractivity contribution in [1.29, 1.82) is 0 Å². The summed E-state index contributed by atoms with van der Waals surface area (Å²) in [6.45, 7) is 1.29. The molecular weight excluding hydrogens is 588 g/mol. The molecule has 2 aromatic heterocycles. The first-order valence-corrected chi connectivity index (χ1v) is 15.4. The van der Waals surface area contributed by atoms with Gasteiger partial charge in [0, 0.05) is 47.9 Å². The quantitative estimate of drug-likeness (QED) is 0.230. The van der Waals surface area contributed by atoms with Gasteiger partial charge in [0.25, 0.3) is 15.7 Å². The maximum Gasteiger partial charge on any atom is 0.294 e. The molecule has 0 radical (unpaired) electrons. The van der Waals surface area contributed by atoms with Crippen LogP contribution in [0.15, 0.2) is 119 Å². The minimum absolute atomic E-state index is 0.0767. The van der Waals surface area contributed by atoms with Crippen LogP contribution in [0.4, 0.5) is 11.5 Å². The summed E-state index contributed by atoms with van der Waals surface area (Å²) in [7, 11) is -4.14. The molecule has 0 spiro atoms. The highest BCUT2D eigenvalue weighted by atomic mass is 35.5. The predicted octanol–water partition coefficient (Wildman–Crippen LogP) is 5.83. The molecule has 9 nitrogen and oxygen atoms in total. The summed E-state index contributed by atoms with van der Waals surface area (Å²) < 4.78 is 32.2. The number of piperidine rings is 1. The third-order valence-electron chi connectivity index (χ3n) is 7.08. The molecule has 6 rings (SSSR count). The SMILES string of the molecule is O=C1C(CNc2ccccn2)CCCN1c1ccc(-n2ccccc2=O)cc1.O=S(=O)(O)c1ccc2cc(Cl)ccc2c1. The average molecular weight is 617 g/mol. The molecule has 3 aromatic carbocycles. The van der Waals surface area contributed by atoms with Gasteiger partial charge in [0.2, 0.25) is 5.91 Å². The number of hydrogen-bond acceptors (Lipinski definition) is 6. The van der Waals surface area contributed by atoms with Gasteiger partial charge in [0.1, 0.15) is 5.82 Å². The summed E-state index contributed by atoms with van der Waals surface area (Å²) in [5, 5.41) is 5.39. The molecule has 1 unspecified atom stereocenters. The molecule has 3 heterocycles. The number of benzene rings is 3. The molecule has 220 valence electrons. The average Bonchev–Trinajstić information content (AvgIpc) is 3.01. The Morgan fingerprint density at radius 1 is 0.884 bits per heavy atom. The minimum Gasteiger partial charge on any atom is -0.369 e. The van der Waals surface area contributed by atoms with Gasteiger partial charge >= 0.3 is 0 Å². The van der Waals surface area contributed by atoms with E-state index >= 15 is 0 Å². The molecule has 1 saturated heterocycles. The van der Waals surface area contributed by atoms with E-state index in [2.05, 4.69) is 10.3 Å². The fourth-order valence-corrected chi connectivity index (χ4v) is 5.58. The number of pyridine rings is 2. The van der Waals surface area contributed by atoms with E-state index in [9.17, 15) is 18.0 Å². The number of rotatable bonds is 6. The largest absolute Gasteiger partial charge is 0.369 e. The van der Waals surface area contributed by atoms with Gasteiger partial charge in [-0.05, 0) is 90.3 Å². The lowest BCUT2D eigenvalue weighted by Crippen LogP contribution is -2.43. The lowest BCUT2D eigenvalue weighted by molar-refractivity contribution is -0.123. The molecule has 2 N–H and O–H groups in total. The lowest BCUT2D eigenvalue weighted by atomic mass is 9.96. The predicted molar refractivity (Wildman–Crippen MR) is 169 cm³/mol. The number of fused-ring (bicyclic) bond motifs is 1. The van der Waals surface area contributed by atoms with Crippen molar-refractivity contribution in [1.82, 2.24) is 9.55 Å². The monoisotopic (exact) mass is 616 g/mol. The fraction of sp³-hybridized carbons (Fsp3) is 0.156. The second kappa shape index (κ2) is 13.2. The zero-order chi connectivity index (χ0) is 30.4. The highest BCUT2D eigenvalue weighted by Crippen LogP contribution is 2.26. The van der Waals surface area contributed by atoms with E-state index in [1.54, 1.807) is 47.3 Å². The van der Waals surface area contributed by atoms with Crippen LogP contribution in [0.5, 0.6) is 0 Å². The summed E-state index contributed by atoms with van der Waals surface area (Å²) in [6.07, 6.45) is 5.30. The van der Waals surface area contributed by atoms with Gasteiger partial charge in [0.15, 0.2) is 0 Å². The molecule has 0 bridgehead atoms. The first kappa shape index (κ1) is 30.0. The van der Waals surface area contributed by atoms with Crippen molar-refractivity contribution in [2.75, 3.05) is 23.3 Å². The van der Waals surface area contributed by atoms with Gasteiger partial charge in [-0.3, -0.25) is 18.7 Å². The Bertz CT molecular complexity index is 1900. The van der Waals surface area contributed by atoms with E-state index in [4.69, 9.17) is 16.2 Å². The lowest BCUT2D eigenvalue weighted by Gasteiger charge is -2.32. The van der Waals surface area contributed by atoms with Gasteiger partial charge < -0.3 is 10.2 Å². The third-order valence-corrected chi connectivity index (χ3v) is 8.16. The van der Waals surface area contributed by atoms with Crippen molar-refractivity contribution in [3.63, 3.8) is 0 Å². The molecule has 5 aromatic rings. The van der Waals surface area contributed by atoms with E-state index in [0.717, 1.165) is 40.8 Å². The number of anilines is 2. The molecule has 1 amide bonds. The van der Waals surface area contributed by atoms with E-state index in [-0.39, 0.29) is 22.3 Å². The van der Waals surface area contributed by atoms with Crippen LogP contribution >= 0.6 is 11.6 Å². The first-order chi connectivity index (χ1) is 20.7. The second-order valence-electron chi connectivity index (χ2n) is 9.98. The molecule has 11 heteroatoms. The Morgan fingerprint density at radius 3 is 2.33 bits per heavy atom. The number of carbonyl (C=O) groups is 1. The van der Waals surface area contributed by atoms with Gasteiger partial charge in [0.05, 0.1) is 10.8 Å². The first-order valence-electron chi connectivity index (χ1n) is 13.6. The molecule has 1 atom stereocenters. The summed E-state index contributed by atoms with van der Waals surface area (Å²) in [4.78, 5) is 30.9. The van der Waals surface area contributed by atoms with Crippen LogP contribution < -0.4 is 15.8 Å². The Kier molecular flexibility index (Phi) is 9.20. The number of carbonyl (C=O) groups excluding carboxylic acids is 1. The van der Waals surface area contributed by atoms with Crippen LogP contribution in [0.3, 0.4) is 0 Å². The topological polar surface area (TPSA) is 122 Å². The molecule has 1 fully saturated rings. The van der Waals surface area contributed by atoms with E-state index in [1.165, 1.54) is 18.2 Å². The van der Waals surface area contributed by atoms with Crippen molar-refractivity contribution in [2.24, 2.45) is 5.92 Å². The molecular formula is C32H29ClN4O5S. The number of nitrogens with zero attached hydrogens (tertiary/aromatic N) is 3. The molecule has 43 heavy (non-hydrogen) atoms. The van der Waals surface area contributed by atoms with E-state index in [0.29, 0.717) is 18.1 Å². The van der Waals surface area contributed by atoms with Gasteiger partial charge in [-0.2, -0.15) is 8.42 Å². The van der Waals surface area contributed by atoms with Gasteiger partial charge in [-0.15, -0.1) is 0 Å². The fourth-order valence-electron chi connectivity index (χ4n) is 4.88. The van der Waals surface area contributed by atoms with Crippen molar-refractivity contribution < 1.29 is 17.8 Å². The summed E-state index contributed by atoms with van der Waals surface area (Å²) in [5.74, 6) is 0.830. The van der Waals surface area contributed by atoms with Crippen LogP contribution in [0.25, 0.3) is 16.5 Å². The van der Waals surface area contributed by atoms with Crippen molar-refractivity contribution >= 4 is 49.9 Å². The number of halogens is 1. The zero-order valence-electron chi connectivity index (χ0n) is 23.0. The Morgan fingerprint density at radius 2 is 1.60 bits per heavy atom. The second-order valence-corrected chi connectivity index (χ2v) is 11.8. The minimum atomic E-state index is -4.14. The summed E-state index contributed by atoms with van der Waals surface area (Å²) in [6, 6.07) is 27.8. The van der Waals surface area contributed by atoms with E-state index in [1.807, 2.05) is 53.4 Å². The standard InChI is InChI=1S/C22H22N4O2.C10H7ClO3S/c27-21-8-2-4-14-25(21)18-9-11-19(12-10-18)26-15-5-6-17(22(26)28)16-24-20-7-1-3-13-23-20;11-9-3-1-8-6-10(15(12,13)14)4-2-7(8)5-9/h1-4,7-14,17H,5-6,15-16H2,(H,23,24);1-6H,(H,12,13,14). The number of hydrogen-bond donors (Lipinski definition) is 2. The number of nitrogens with one attached hydrogen (secondary N) is 1. The summed E-state index contributed by atoms with van der Waals surface area (Å²) >= 11 is 5.78. The maximum atomic E-state index is 13.0. The van der Waals surface area contributed by atoms with Gasteiger partial charge in [-0.25, -0.2) is 4.98 Å². The van der Waals surface area contributed by atoms with Crippen molar-refractivity contribution in [3.8, 4) is 5.69 Å². The van der Waals surface area contributed by atoms with Crippen molar-refractivity contribution in [2.45, 2.75) is 17.7 Å². The van der Waals surface area contributed by atoms with Crippen LogP contribution in [0, 0.1) is 5.92 Å². The zero-order valence-corrected chi connectivity index (χ0v) is 24.6. The van der Waals surface area contributed by atoms with Crippen LogP contribution in [0.2, 0.25) is 5.02 Å². The Balaban J connectivity index is 0.000000207. The molecule has 0 saturated carbocycles. The Labute approximate surface area is 254 Å². The highest BCUT2D eigenvalue weighted by Gasteiger charge is 2.29. The van der Waals surface area contributed by atoms with E-state index < -0.39 is 10.1 Å². The molecule has 1 aliphatic rings. The van der Waals surface area contributed by atoms with Crippen molar-refractivity contribution in [3.05, 3.63) is 125 Å².